The molecule has 0 spiro atoms. The van der Waals surface area contributed by atoms with E-state index in [2.05, 4.69) is 49.8 Å². The summed E-state index contributed by atoms with van der Waals surface area (Å²) in [5.41, 5.74) is -0.545. The van der Waals surface area contributed by atoms with Crippen molar-refractivity contribution in [3.8, 4) is 110 Å². The van der Waals surface area contributed by atoms with Crippen LogP contribution in [0.5, 0.6) is 23.0 Å². The van der Waals surface area contributed by atoms with Crippen molar-refractivity contribution in [2.24, 2.45) is 0 Å². The molecular formula is C59H39F4N15O9. The largest absolute Gasteiger partial charge is 0.497 e. The lowest BCUT2D eigenvalue weighted by Gasteiger charge is -2.10. The number of rotatable bonds is 9. The normalized spacial score (nSPS) is 9.78. The van der Waals surface area contributed by atoms with Crippen LogP contribution in [0.15, 0.2) is 159 Å². The number of hydrogen-bond donors (Lipinski definition) is 5. The van der Waals surface area contributed by atoms with Crippen LogP contribution in [0.1, 0.15) is 27.8 Å². The lowest BCUT2D eigenvalue weighted by Crippen LogP contribution is -2.12. The Morgan fingerprint density at radius 1 is 0.356 bits per heavy atom. The van der Waals surface area contributed by atoms with Crippen LogP contribution in [-0.2, 0) is 0 Å². The molecule has 0 atom stereocenters. The second-order valence-corrected chi connectivity index (χ2v) is 16.6. The average molecular weight is 1180 g/mol. The predicted octanol–water partition coefficient (Wildman–Crippen LogP) is 7.13. The molecule has 28 heteroatoms. The summed E-state index contributed by atoms with van der Waals surface area (Å²) in [5, 5.41) is 44.5. The van der Waals surface area contributed by atoms with E-state index < -0.39 is 51.1 Å². The molecule has 0 bridgehead atoms. The van der Waals surface area contributed by atoms with E-state index in [0.717, 1.165) is 24.8 Å². The maximum atomic E-state index is 13.5. The second kappa shape index (κ2) is 30.1. The molecule has 0 saturated heterocycles. The van der Waals surface area contributed by atoms with Gasteiger partial charge < -0.3 is 43.9 Å². The van der Waals surface area contributed by atoms with Crippen LogP contribution in [0.25, 0.3) is 56.3 Å². The van der Waals surface area contributed by atoms with Gasteiger partial charge in [-0.15, -0.1) is 0 Å². The molecule has 87 heavy (non-hydrogen) atoms. The zero-order valence-corrected chi connectivity index (χ0v) is 45.4. The van der Waals surface area contributed by atoms with Crippen LogP contribution in [0, 0.1) is 79.9 Å². The summed E-state index contributed by atoms with van der Waals surface area (Å²) in [6.45, 7) is 0. The molecule has 432 valence electrons. The van der Waals surface area contributed by atoms with Gasteiger partial charge in [-0.1, -0.05) is 24.3 Å². The highest BCUT2D eigenvalue weighted by atomic mass is 19.2. The first-order valence-corrected chi connectivity index (χ1v) is 24.3. The van der Waals surface area contributed by atoms with Crippen molar-refractivity contribution in [3.05, 3.63) is 238 Å². The number of aromatic nitrogens is 10. The minimum Gasteiger partial charge on any atom is -0.497 e. The van der Waals surface area contributed by atoms with Crippen molar-refractivity contribution in [3.63, 3.8) is 0 Å². The van der Waals surface area contributed by atoms with Crippen molar-refractivity contribution < 1.29 is 36.5 Å². The predicted molar refractivity (Wildman–Crippen MR) is 301 cm³/mol. The number of methoxy groups -OCH3 is 4. The standard InChI is InChI=1S/2C13H11N3O3.C11H5F2N3O.2C11H6FN3O/c1-18-10-4-3-8(5-11(10)19-2)12-9(6-14)13(17)16-7-15-12;1-18-8-3-4-9(11(5-8)19-2)12-10(6-14)13(17)16-7-15-12;12-8-2-1-6(3-9(8)13)10-7(4-14)11(17)16-5-15-10;12-8-3-1-2-7(4-8)10-9(5-13)11(16)15-6-14-10;12-9-4-2-1-3-7(9)10-8(5-13)11(16)15-6-14-10/h2*3-5,7H,1-2H3,(H,15,16,17);1-3,5H,(H,15,16,17);2*1-4,6H,(H,14,15,16). The van der Waals surface area contributed by atoms with Crippen molar-refractivity contribution >= 4 is 0 Å². The Balaban J connectivity index is 0.000000174. The number of benzene rings is 5. The third-order valence-corrected chi connectivity index (χ3v) is 11.6. The van der Waals surface area contributed by atoms with E-state index in [1.165, 1.54) is 82.8 Å². The molecule has 5 aromatic heterocycles. The lowest BCUT2D eigenvalue weighted by molar-refractivity contribution is 0.355. The lowest BCUT2D eigenvalue weighted by atomic mass is 10.1. The zero-order chi connectivity index (χ0) is 63.2. The minimum atomic E-state index is -1.06. The van der Waals surface area contributed by atoms with Gasteiger partial charge in [0.15, 0.2) is 23.1 Å². The van der Waals surface area contributed by atoms with Gasteiger partial charge in [-0.05, 0) is 72.8 Å². The van der Waals surface area contributed by atoms with Gasteiger partial charge in [0.1, 0.15) is 81.3 Å². The summed E-state index contributed by atoms with van der Waals surface area (Å²) >= 11 is 0. The Morgan fingerprint density at radius 2 is 0.770 bits per heavy atom. The zero-order valence-electron chi connectivity index (χ0n) is 45.4. The van der Waals surface area contributed by atoms with Gasteiger partial charge in [0.25, 0.3) is 27.8 Å². The highest BCUT2D eigenvalue weighted by Gasteiger charge is 2.18. The summed E-state index contributed by atoms with van der Waals surface area (Å²) in [5.74, 6) is -0.857. The summed E-state index contributed by atoms with van der Waals surface area (Å²) in [4.78, 5) is 88.2. The van der Waals surface area contributed by atoms with Crippen LogP contribution in [0.2, 0.25) is 0 Å². The van der Waals surface area contributed by atoms with E-state index in [1.54, 1.807) is 73.8 Å². The molecule has 10 aromatic rings. The van der Waals surface area contributed by atoms with Gasteiger partial charge in [0, 0.05) is 33.9 Å². The van der Waals surface area contributed by atoms with Crippen molar-refractivity contribution in [2.45, 2.75) is 0 Å². The van der Waals surface area contributed by atoms with E-state index >= 15 is 0 Å². The van der Waals surface area contributed by atoms with Gasteiger partial charge in [-0.3, -0.25) is 24.0 Å². The van der Waals surface area contributed by atoms with Gasteiger partial charge in [-0.2, -0.15) is 26.3 Å². The average Bonchev–Trinajstić information content (AvgIpc) is 2.01. The molecule has 0 fully saturated rings. The van der Waals surface area contributed by atoms with E-state index in [4.69, 9.17) is 45.3 Å². The van der Waals surface area contributed by atoms with Gasteiger partial charge in [-0.25, -0.2) is 42.5 Å². The molecule has 10 rings (SSSR count). The number of aromatic amines is 5. The molecule has 5 N–H and O–H groups in total. The van der Waals surface area contributed by atoms with Crippen molar-refractivity contribution in [1.29, 1.82) is 26.3 Å². The summed E-state index contributed by atoms with van der Waals surface area (Å²) in [6.07, 6.45) is 5.94. The molecule has 24 nitrogen and oxygen atoms in total. The highest BCUT2D eigenvalue weighted by Crippen LogP contribution is 2.34. The molecule has 0 aliphatic rings. The summed E-state index contributed by atoms with van der Waals surface area (Å²) < 4.78 is 72.9. The minimum absolute atomic E-state index is 0.0233. The fourth-order valence-electron chi connectivity index (χ4n) is 7.49. The first kappa shape index (κ1) is 63.1. The maximum Gasteiger partial charge on any atom is 0.269 e. The molecular weight excluding hydrogens is 1140 g/mol. The topological polar surface area (TPSA) is 385 Å². The van der Waals surface area contributed by atoms with Gasteiger partial charge in [0.2, 0.25) is 0 Å². The number of nitrogens with one attached hydrogen (secondary N) is 5. The molecule has 5 aromatic carbocycles. The monoisotopic (exact) mass is 1180 g/mol. The Morgan fingerprint density at radius 3 is 1.20 bits per heavy atom. The second-order valence-electron chi connectivity index (χ2n) is 16.6. The van der Waals surface area contributed by atoms with Crippen LogP contribution in [-0.4, -0.2) is 78.3 Å². The van der Waals surface area contributed by atoms with E-state index in [0.29, 0.717) is 45.4 Å². The number of nitrogens with zero attached hydrogens (tertiary/aromatic N) is 10. The Kier molecular flexibility index (Phi) is 21.8. The fraction of sp³-hybridized carbons (Fsp3) is 0.0678. The van der Waals surface area contributed by atoms with Crippen molar-refractivity contribution in [1.82, 2.24) is 49.8 Å². The number of hydrogen-bond acceptors (Lipinski definition) is 19. The summed E-state index contributed by atoms with van der Waals surface area (Å²) in [7, 11) is 6.08. The summed E-state index contributed by atoms with van der Waals surface area (Å²) in [6, 6.07) is 33.5. The molecule has 0 unspecified atom stereocenters. The molecule has 0 saturated carbocycles. The van der Waals surface area contributed by atoms with Crippen LogP contribution in [0.4, 0.5) is 17.6 Å². The SMILES string of the molecule is COc1ccc(-c2nc[nH]c(=O)c2C#N)c(OC)c1.COc1ccc(-c2nc[nH]c(=O)c2C#N)cc1OC.N#Cc1c(-c2ccc(F)c(F)c2)nc[nH]c1=O.N#Cc1c(-c2cccc(F)c2)nc[nH]c1=O.N#Cc1c(-c2ccccc2F)nc[nH]c1=O. The van der Waals surface area contributed by atoms with E-state index in [1.807, 2.05) is 12.1 Å². The first-order valence-electron chi connectivity index (χ1n) is 24.3. The Labute approximate surface area is 486 Å². The number of halogens is 4. The van der Waals surface area contributed by atoms with Crippen LogP contribution in [0.3, 0.4) is 0 Å². The molecule has 5 heterocycles. The molecule has 0 radical (unpaired) electrons. The highest BCUT2D eigenvalue weighted by molar-refractivity contribution is 5.73. The Bertz CT molecular complexity index is 4710. The quantitative estimate of drug-likeness (QED) is 0.0896. The first-order chi connectivity index (χ1) is 42.0. The third-order valence-electron chi connectivity index (χ3n) is 11.6. The van der Waals surface area contributed by atoms with Crippen LogP contribution >= 0.6 is 0 Å². The maximum absolute atomic E-state index is 13.5. The smallest absolute Gasteiger partial charge is 0.269 e. The van der Waals surface area contributed by atoms with Crippen molar-refractivity contribution in [2.75, 3.05) is 28.4 Å². The van der Waals surface area contributed by atoms with Gasteiger partial charge in [0.05, 0.1) is 88.5 Å². The number of nitriles is 5. The third kappa shape index (κ3) is 15.3. The van der Waals surface area contributed by atoms with E-state index in [9.17, 15) is 41.5 Å². The number of ether oxygens (including phenoxy) is 4. The fourth-order valence-corrected chi connectivity index (χ4v) is 7.49. The van der Waals surface area contributed by atoms with E-state index in [-0.39, 0.29) is 61.7 Å². The molecule has 0 aliphatic carbocycles. The molecule has 0 aliphatic heterocycles. The van der Waals surface area contributed by atoms with Crippen LogP contribution < -0.4 is 46.7 Å². The van der Waals surface area contributed by atoms with Gasteiger partial charge >= 0.3 is 0 Å². The Hall–Kier alpha value is -13.1. The molecule has 0 amide bonds. The number of H-pyrrole nitrogens is 5.